The molecule has 5 heterocycles. The summed E-state index contributed by atoms with van der Waals surface area (Å²) in [6.45, 7) is 3.75. The topological polar surface area (TPSA) is 57.4 Å². The minimum atomic E-state index is 0. The summed E-state index contributed by atoms with van der Waals surface area (Å²) in [4.78, 5) is 19.1. The molecule has 8 bridgehead atoms. The Hall–Kier alpha value is -4.76. The highest BCUT2D eigenvalue weighted by Gasteiger charge is 2.21. The van der Waals surface area contributed by atoms with Gasteiger partial charge in [0.05, 0.1) is 107 Å². The number of hydrogen-bond acceptors (Lipinski definition) is 2. The van der Waals surface area contributed by atoms with E-state index in [0.717, 1.165) is 133 Å². The summed E-state index contributed by atoms with van der Waals surface area (Å²) < 4.78 is 3.42. The van der Waals surface area contributed by atoms with Crippen LogP contribution in [0.25, 0.3) is 90.9 Å². The van der Waals surface area contributed by atoms with Crippen LogP contribution in [0.4, 0.5) is 0 Å². The lowest BCUT2D eigenvalue weighted by molar-refractivity contribution is -0.884. The van der Waals surface area contributed by atoms with E-state index >= 15 is 0 Å². The molecule has 0 radical (unpaired) electrons. The van der Waals surface area contributed by atoms with Gasteiger partial charge < -0.3 is 95.8 Å². The summed E-state index contributed by atoms with van der Waals surface area (Å²) >= 11 is 0. The molecule has 0 saturated heterocycles. The number of rotatable bonds is 12. The molecule has 0 aliphatic carbocycles. The van der Waals surface area contributed by atoms with Gasteiger partial charge in [-0.3, -0.25) is 0 Å². The second-order valence-corrected chi connectivity index (χ2v) is 23.1. The average Bonchev–Trinajstić information content (AvgIpc) is 4.09. The van der Waals surface area contributed by atoms with Crippen LogP contribution in [0.1, 0.15) is 45.0 Å². The van der Waals surface area contributed by atoms with E-state index in [1.165, 1.54) is 22.3 Å². The Kier molecular flexibility index (Phi) is 18.4. The zero-order valence-corrected chi connectivity index (χ0v) is 50.2. The molecule has 2 aliphatic heterocycles. The summed E-state index contributed by atoms with van der Waals surface area (Å²) in [7, 11) is 26.8. The van der Waals surface area contributed by atoms with Crippen molar-refractivity contribution in [3.63, 3.8) is 0 Å². The van der Waals surface area contributed by atoms with Gasteiger partial charge in [0.1, 0.15) is 26.2 Å². The first-order valence-electron chi connectivity index (χ1n) is 23.9. The molecule has 378 valence electrons. The quantitative estimate of drug-likeness (QED) is 0.172. The number of benzene rings is 4. The maximum Gasteiger partial charge on any atom is 0.104 e. The van der Waals surface area contributed by atoms with Gasteiger partial charge in [-0.1, -0.05) is 97.1 Å². The number of fused-ring (bicyclic) bond motifs is 8. The van der Waals surface area contributed by atoms with E-state index in [-0.39, 0.29) is 67.9 Å². The normalized spacial score (nSPS) is 12.4. The predicted octanol–water partition coefficient (Wildman–Crippen LogP) is 0.164. The van der Waals surface area contributed by atoms with Gasteiger partial charge in [-0.2, -0.15) is 0 Å². The summed E-state index contributed by atoms with van der Waals surface area (Å²) in [6.07, 6.45) is 8.72. The maximum absolute atomic E-state index is 5.57. The molecule has 2 aliphatic rings. The fourth-order valence-corrected chi connectivity index (χ4v) is 9.72. The van der Waals surface area contributed by atoms with E-state index < -0.39 is 0 Å². The number of aromatic nitrogens is 4. The number of nitrogens with one attached hydrogen (secondary N) is 2. The molecule has 7 aromatic rings. The number of hydrogen-bond donors (Lipinski definition) is 2. The third kappa shape index (κ3) is 13.9. The standard InChI is InChI=1S/C60H70N8.4BrH/c1-65(2,3)37-41-13-21-45(22-14-41)57-49-29-31-51(61-49)58(46-23-15-42(16-24-46)38-66(4,5)6)53-33-35-55(63-53)60(48-27-19-44(20-28-48)40-68(10,11)12)56-36-34-54(64-56)59(52-32-30-50(57)62-52)47-25-17-43(18-26-47)39-67(7,8)9;;;;/h13-36,61-62H,37-40H2,1-12H3;4*1H/q+4;;;;/p-4. The molecular formula is C60H70Br4N8. The van der Waals surface area contributed by atoms with E-state index in [1.807, 2.05) is 0 Å². The van der Waals surface area contributed by atoms with Crippen molar-refractivity contribution < 1.29 is 85.9 Å². The Bertz CT molecular complexity index is 3070. The Balaban J connectivity index is 0.00000241. The molecule has 3 aromatic heterocycles. The van der Waals surface area contributed by atoms with Gasteiger partial charge in [0, 0.05) is 66.6 Å². The highest BCUT2D eigenvalue weighted by atomic mass is 79.9. The Labute approximate surface area is 470 Å². The molecule has 12 heteroatoms. The van der Waals surface area contributed by atoms with Crippen molar-refractivity contribution in [2.45, 2.75) is 26.2 Å². The molecule has 8 nitrogen and oxygen atoms in total. The van der Waals surface area contributed by atoms with Gasteiger partial charge in [-0.05, 0) is 70.8 Å². The number of aromatic amines is 2. The molecule has 72 heavy (non-hydrogen) atoms. The Morgan fingerprint density at radius 1 is 0.278 bits per heavy atom. The smallest absolute Gasteiger partial charge is 0.104 e. The first kappa shape index (κ1) is 58.1. The molecule has 0 saturated carbocycles. The number of nitrogens with zero attached hydrogens (tertiary/aromatic N) is 6. The third-order valence-electron chi connectivity index (χ3n) is 12.4. The first-order chi connectivity index (χ1) is 32.1. The van der Waals surface area contributed by atoms with Gasteiger partial charge in [0.2, 0.25) is 0 Å². The van der Waals surface area contributed by atoms with E-state index in [1.54, 1.807) is 0 Å². The van der Waals surface area contributed by atoms with Crippen LogP contribution in [-0.4, -0.2) is 122 Å². The van der Waals surface area contributed by atoms with Crippen LogP contribution < -0.4 is 67.9 Å². The monoisotopic (exact) mass is 1220 g/mol. The maximum atomic E-state index is 5.57. The van der Waals surface area contributed by atoms with Gasteiger partial charge in [-0.25, -0.2) is 9.97 Å². The third-order valence-corrected chi connectivity index (χ3v) is 12.4. The lowest BCUT2D eigenvalue weighted by Gasteiger charge is -2.24. The molecule has 0 atom stereocenters. The van der Waals surface area contributed by atoms with Crippen molar-refractivity contribution in [2.24, 2.45) is 0 Å². The second-order valence-electron chi connectivity index (χ2n) is 23.1. The van der Waals surface area contributed by atoms with Crippen LogP contribution >= 0.6 is 0 Å². The van der Waals surface area contributed by atoms with Gasteiger partial charge in [0.15, 0.2) is 0 Å². The van der Waals surface area contributed by atoms with Crippen LogP contribution in [0.15, 0.2) is 121 Å². The van der Waals surface area contributed by atoms with E-state index in [9.17, 15) is 0 Å². The molecule has 9 rings (SSSR count). The fourth-order valence-electron chi connectivity index (χ4n) is 9.72. The largest absolute Gasteiger partial charge is 1.00 e. The van der Waals surface area contributed by atoms with Crippen molar-refractivity contribution in [1.29, 1.82) is 0 Å². The van der Waals surface area contributed by atoms with Crippen molar-refractivity contribution in [3.8, 4) is 44.5 Å². The molecular weight excluding hydrogens is 1150 g/mol. The summed E-state index contributed by atoms with van der Waals surface area (Å²) in [5, 5.41) is 0. The number of halogens is 4. The number of H-pyrrole nitrogens is 2. The highest BCUT2D eigenvalue weighted by Crippen LogP contribution is 2.39. The lowest BCUT2D eigenvalue weighted by Crippen LogP contribution is -3.00. The highest BCUT2D eigenvalue weighted by molar-refractivity contribution is 6.00. The van der Waals surface area contributed by atoms with Gasteiger partial charge in [-0.15, -0.1) is 0 Å². The molecule has 0 spiro atoms. The zero-order valence-electron chi connectivity index (χ0n) is 43.9. The van der Waals surface area contributed by atoms with E-state index in [4.69, 9.17) is 9.97 Å². The minimum absolute atomic E-state index is 0. The van der Waals surface area contributed by atoms with Crippen molar-refractivity contribution in [1.82, 2.24) is 19.9 Å². The van der Waals surface area contributed by atoms with E-state index in [2.05, 4.69) is 240 Å². The predicted molar refractivity (Wildman–Crippen MR) is 288 cm³/mol. The minimum Gasteiger partial charge on any atom is -1.00 e. The van der Waals surface area contributed by atoms with Crippen LogP contribution in [0.5, 0.6) is 0 Å². The zero-order chi connectivity index (χ0) is 48.2. The summed E-state index contributed by atoms with van der Waals surface area (Å²) in [5.41, 5.74) is 21.4. The average molecular weight is 1220 g/mol. The first-order valence-corrected chi connectivity index (χ1v) is 23.9. The number of quaternary nitrogens is 4. The van der Waals surface area contributed by atoms with Crippen molar-refractivity contribution >= 4 is 46.4 Å². The Morgan fingerprint density at radius 3 is 0.736 bits per heavy atom. The van der Waals surface area contributed by atoms with Crippen LogP contribution in [-0.2, 0) is 26.2 Å². The fraction of sp³-hybridized carbons (Fsp3) is 0.267. The van der Waals surface area contributed by atoms with Crippen LogP contribution in [0.2, 0.25) is 0 Å². The van der Waals surface area contributed by atoms with Crippen LogP contribution in [0.3, 0.4) is 0 Å². The van der Waals surface area contributed by atoms with Gasteiger partial charge in [0.25, 0.3) is 0 Å². The lowest BCUT2D eigenvalue weighted by atomic mass is 10.0. The second kappa shape index (κ2) is 22.8. The molecule has 0 amide bonds. The summed E-state index contributed by atoms with van der Waals surface area (Å²) in [5.74, 6) is 0. The van der Waals surface area contributed by atoms with E-state index in [0.29, 0.717) is 0 Å². The molecule has 2 N–H and O–H groups in total. The molecule has 0 fully saturated rings. The van der Waals surface area contributed by atoms with Crippen LogP contribution in [0, 0.1) is 0 Å². The molecule has 0 unspecified atom stereocenters. The van der Waals surface area contributed by atoms with Crippen molar-refractivity contribution in [2.75, 3.05) is 84.6 Å². The van der Waals surface area contributed by atoms with Gasteiger partial charge >= 0.3 is 0 Å². The van der Waals surface area contributed by atoms with Crippen molar-refractivity contribution in [3.05, 3.63) is 166 Å². The Morgan fingerprint density at radius 2 is 0.486 bits per heavy atom. The molecule has 4 aromatic carbocycles. The SMILES string of the molecule is C[N+](C)(C)Cc1ccc(-c2c3nc(c(-c4ccc(C[N+](C)(C)C)cc4)c4ccc([nH]4)c(-c4ccc(C[N+](C)(C)C)cc4)c4ccc([nH]4)c(-c4ccc(C[N+](C)(C)C)cc4)c4nc2C=C4)C=C3)cc1.[Br-].[Br-].[Br-].[Br-]. The summed E-state index contributed by atoms with van der Waals surface area (Å²) in [6, 6.07) is 45.1.